The summed E-state index contributed by atoms with van der Waals surface area (Å²) < 4.78 is 27.1. The average Bonchev–Trinajstić information content (AvgIpc) is 2.98. The molecule has 0 aliphatic carbocycles. The van der Waals surface area contributed by atoms with E-state index in [9.17, 15) is 13.2 Å². The molecule has 0 fully saturated rings. The molecule has 2 aromatic carbocycles. The van der Waals surface area contributed by atoms with E-state index in [1.165, 1.54) is 6.20 Å². The third-order valence-corrected chi connectivity index (χ3v) is 6.23. The third-order valence-electron chi connectivity index (χ3n) is 4.53. The quantitative estimate of drug-likeness (QED) is 0.641. The second kappa shape index (κ2) is 6.57. The summed E-state index contributed by atoms with van der Waals surface area (Å²) in [6.07, 6.45) is 2.06. The van der Waals surface area contributed by atoms with Gasteiger partial charge in [-0.1, -0.05) is 35.4 Å². The molecule has 4 nitrogen and oxygen atoms in total. The predicted octanol–water partition coefficient (Wildman–Crippen LogP) is 4.44. The average molecular weight is 367 g/mol. The Morgan fingerprint density at radius 1 is 0.846 bits per heavy atom. The van der Waals surface area contributed by atoms with Crippen LogP contribution in [0, 0.1) is 27.7 Å². The van der Waals surface area contributed by atoms with Crippen LogP contribution in [0.5, 0.6) is 0 Å². The van der Waals surface area contributed by atoms with E-state index in [2.05, 4.69) is 0 Å². The Bertz CT molecular complexity index is 1070. The Morgan fingerprint density at radius 2 is 1.42 bits per heavy atom. The molecule has 0 radical (unpaired) electrons. The number of benzene rings is 2. The van der Waals surface area contributed by atoms with Gasteiger partial charge in [-0.2, -0.15) is 0 Å². The number of aromatic nitrogens is 1. The number of hydrogen-bond acceptors (Lipinski definition) is 3. The number of carbonyl (C=O) groups excluding carboxylic acids is 1. The van der Waals surface area contributed by atoms with Crippen LogP contribution in [0.1, 0.15) is 32.7 Å². The van der Waals surface area contributed by atoms with E-state index in [0.29, 0.717) is 11.8 Å². The smallest absolute Gasteiger partial charge is 0.268 e. The van der Waals surface area contributed by atoms with E-state index in [4.69, 9.17) is 0 Å². The Hall–Kier alpha value is -2.66. The number of carbonyl (C=O) groups is 1. The first kappa shape index (κ1) is 18.1. The molecule has 0 saturated carbocycles. The molecule has 3 aromatic rings. The lowest BCUT2D eigenvalue weighted by Gasteiger charge is -2.13. The fourth-order valence-corrected chi connectivity index (χ4v) is 4.72. The van der Waals surface area contributed by atoms with Gasteiger partial charge in [0.25, 0.3) is 10.0 Å². The molecule has 3 rings (SSSR count). The highest BCUT2D eigenvalue weighted by Gasteiger charge is 2.23. The summed E-state index contributed by atoms with van der Waals surface area (Å²) in [5.74, 6) is 0. The maximum atomic E-state index is 13.0. The summed E-state index contributed by atoms with van der Waals surface area (Å²) in [7, 11) is -3.83. The molecule has 0 unspecified atom stereocenters. The van der Waals surface area contributed by atoms with Gasteiger partial charge in [-0.3, -0.25) is 4.79 Å². The standard InChI is InChI=1S/C21H21NO3S/c1-14-5-7-18(8-6-14)26(24,25)22-10-9-19(20(22)13-23)21-16(3)11-15(2)12-17(21)4/h5-13H,1-4H3. The highest BCUT2D eigenvalue weighted by Crippen LogP contribution is 2.32. The lowest BCUT2D eigenvalue weighted by Crippen LogP contribution is -2.15. The van der Waals surface area contributed by atoms with Gasteiger partial charge in [-0.05, 0) is 62.6 Å². The second-order valence-corrected chi connectivity index (χ2v) is 8.44. The number of aryl methyl sites for hydroxylation is 4. The minimum atomic E-state index is -3.83. The molecule has 0 aliphatic heterocycles. The molecule has 0 amide bonds. The third kappa shape index (κ3) is 2.99. The van der Waals surface area contributed by atoms with Crippen molar-refractivity contribution in [2.75, 3.05) is 0 Å². The lowest BCUT2D eigenvalue weighted by molar-refractivity contribution is 0.111. The van der Waals surface area contributed by atoms with Crippen LogP contribution in [0.4, 0.5) is 0 Å². The summed E-state index contributed by atoms with van der Waals surface area (Å²) in [6.45, 7) is 7.84. The summed E-state index contributed by atoms with van der Waals surface area (Å²) in [4.78, 5) is 12.0. The maximum Gasteiger partial charge on any atom is 0.268 e. The van der Waals surface area contributed by atoms with E-state index < -0.39 is 10.0 Å². The molecule has 0 saturated heterocycles. The summed E-state index contributed by atoms with van der Waals surface area (Å²) in [5, 5.41) is 0. The van der Waals surface area contributed by atoms with Gasteiger partial charge in [0.2, 0.25) is 0 Å². The first-order chi connectivity index (χ1) is 12.3. The van der Waals surface area contributed by atoms with Crippen molar-refractivity contribution in [3.63, 3.8) is 0 Å². The van der Waals surface area contributed by atoms with E-state index in [-0.39, 0.29) is 10.6 Å². The van der Waals surface area contributed by atoms with Crippen LogP contribution in [0.3, 0.4) is 0 Å². The molecular weight excluding hydrogens is 346 g/mol. The molecule has 1 aromatic heterocycles. The van der Waals surface area contributed by atoms with Crippen LogP contribution in [-0.4, -0.2) is 18.7 Å². The summed E-state index contributed by atoms with van der Waals surface area (Å²) in [6, 6.07) is 12.4. The minimum absolute atomic E-state index is 0.139. The Labute approximate surface area is 154 Å². The van der Waals surface area contributed by atoms with E-state index in [1.807, 2.05) is 39.8 Å². The highest BCUT2D eigenvalue weighted by molar-refractivity contribution is 7.90. The van der Waals surface area contributed by atoms with Crippen molar-refractivity contribution in [3.05, 3.63) is 76.6 Å². The van der Waals surface area contributed by atoms with Gasteiger partial charge in [0.1, 0.15) is 5.69 Å². The molecule has 0 aliphatic rings. The minimum Gasteiger partial charge on any atom is -0.296 e. The molecule has 0 bridgehead atoms. The first-order valence-electron chi connectivity index (χ1n) is 8.32. The van der Waals surface area contributed by atoms with Crippen LogP contribution < -0.4 is 0 Å². The Kier molecular flexibility index (Phi) is 4.59. The normalized spacial score (nSPS) is 11.5. The van der Waals surface area contributed by atoms with Gasteiger partial charge >= 0.3 is 0 Å². The largest absolute Gasteiger partial charge is 0.296 e. The molecule has 0 atom stereocenters. The maximum absolute atomic E-state index is 13.0. The van der Waals surface area contributed by atoms with Crippen molar-refractivity contribution < 1.29 is 13.2 Å². The van der Waals surface area contributed by atoms with E-state index in [0.717, 1.165) is 31.8 Å². The van der Waals surface area contributed by atoms with Crippen molar-refractivity contribution >= 4 is 16.3 Å². The zero-order valence-corrected chi connectivity index (χ0v) is 16.1. The topological polar surface area (TPSA) is 56.1 Å². The Balaban J connectivity index is 2.22. The van der Waals surface area contributed by atoms with Crippen molar-refractivity contribution in [3.8, 4) is 11.1 Å². The molecule has 1 heterocycles. The van der Waals surface area contributed by atoms with Gasteiger partial charge in [-0.25, -0.2) is 12.4 Å². The van der Waals surface area contributed by atoms with Gasteiger partial charge in [0.15, 0.2) is 6.29 Å². The second-order valence-electron chi connectivity index (χ2n) is 6.62. The number of nitrogens with zero attached hydrogens (tertiary/aromatic N) is 1. The van der Waals surface area contributed by atoms with Crippen LogP contribution in [0.15, 0.2) is 53.6 Å². The SMILES string of the molecule is Cc1ccc(S(=O)(=O)n2ccc(-c3c(C)cc(C)cc3C)c2C=O)cc1. The first-order valence-corrected chi connectivity index (χ1v) is 9.76. The highest BCUT2D eigenvalue weighted by atomic mass is 32.2. The van der Waals surface area contributed by atoms with E-state index >= 15 is 0 Å². The van der Waals surface area contributed by atoms with Crippen LogP contribution >= 0.6 is 0 Å². The monoisotopic (exact) mass is 367 g/mol. The molecular formula is C21H21NO3S. The molecule has 26 heavy (non-hydrogen) atoms. The van der Waals surface area contributed by atoms with Crippen molar-refractivity contribution in [1.82, 2.24) is 3.97 Å². The van der Waals surface area contributed by atoms with Gasteiger partial charge < -0.3 is 0 Å². The van der Waals surface area contributed by atoms with Crippen LogP contribution in [-0.2, 0) is 10.0 Å². The number of hydrogen-bond donors (Lipinski definition) is 0. The summed E-state index contributed by atoms with van der Waals surface area (Å²) >= 11 is 0. The predicted molar refractivity (Wildman–Crippen MR) is 103 cm³/mol. The zero-order valence-electron chi connectivity index (χ0n) is 15.3. The molecule has 134 valence electrons. The zero-order chi connectivity index (χ0) is 19.1. The number of rotatable bonds is 4. The Morgan fingerprint density at radius 3 is 1.96 bits per heavy atom. The number of aldehydes is 1. The molecule has 0 N–H and O–H groups in total. The van der Waals surface area contributed by atoms with Gasteiger partial charge in [-0.15, -0.1) is 0 Å². The van der Waals surface area contributed by atoms with Crippen LogP contribution in [0.2, 0.25) is 0 Å². The van der Waals surface area contributed by atoms with Crippen molar-refractivity contribution in [2.24, 2.45) is 0 Å². The fourth-order valence-electron chi connectivity index (χ4n) is 3.39. The summed E-state index contributed by atoms with van der Waals surface area (Å²) in [5.41, 5.74) is 5.79. The van der Waals surface area contributed by atoms with Crippen molar-refractivity contribution in [1.29, 1.82) is 0 Å². The van der Waals surface area contributed by atoms with E-state index in [1.54, 1.807) is 30.3 Å². The lowest BCUT2D eigenvalue weighted by atomic mass is 9.94. The van der Waals surface area contributed by atoms with Gasteiger partial charge in [0.05, 0.1) is 4.90 Å². The van der Waals surface area contributed by atoms with Gasteiger partial charge in [0, 0.05) is 11.8 Å². The van der Waals surface area contributed by atoms with Crippen molar-refractivity contribution in [2.45, 2.75) is 32.6 Å². The fraction of sp³-hybridized carbons (Fsp3) is 0.190. The molecule has 0 spiro atoms. The molecule has 5 heteroatoms. The van der Waals surface area contributed by atoms with Crippen LogP contribution in [0.25, 0.3) is 11.1 Å².